The smallest absolute Gasteiger partial charge is 0.406 e. The number of nitrogens with one attached hydrogen (secondary N) is 2. The maximum atomic E-state index is 12.9. The molecule has 8 nitrogen and oxygen atoms in total. The van der Waals surface area contributed by atoms with Gasteiger partial charge in [0.2, 0.25) is 21.8 Å². The second-order valence-electron chi connectivity index (χ2n) is 7.92. The zero-order valence-corrected chi connectivity index (χ0v) is 19.3. The standard InChI is InChI=1S/C22H24F3N3O5S/c1-14-6-7-19(26-15(2)29)20(12-14)27-21(30)16-8-10-28(11-9-16)34(31,32)18-5-3-4-17(13-18)33-22(23,24)25/h3-7,12-13,16H,8-11H2,1-2H3,(H,26,29)(H,27,30). The highest BCUT2D eigenvalue weighted by molar-refractivity contribution is 7.89. The maximum Gasteiger partial charge on any atom is 0.573 e. The van der Waals surface area contributed by atoms with Crippen LogP contribution in [-0.2, 0) is 19.6 Å². The van der Waals surface area contributed by atoms with Gasteiger partial charge >= 0.3 is 6.36 Å². The number of alkyl halides is 3. The van der Waals surface area contributed by atoms with Crippen molar-refractivity contribution in [3.05, 3.63) is 48.0 Å². The number of aryl methyl sites for hydroxylation is 1. The van der Waals surface area contributed by atoms with Gasteiger partial charge in [-0.2, -0.15) is 4.31 Å². The van der Waals surface area contributed by atoms with Crippen molar-refractivity contribution in [1.29, 1.82) is 0 Å². The van der Waals surface area contributed by atoms with E-state index < -0.39 is 28.1 Å². The number of amides is 2. The average Bonchev–Trinajstić information content (AvgIpc) is 2.74. The van der Waals surface area contributed by atoms with Crippen molar-refractivity contribution >= 4 is 33.2 Å². The molecule has 0 bridgehead atoms. The molecule has 34 heavy (non-hydrogen) atoms. The van der Waals surface area contributed by atoms with Gasteiger partial charge in [0.25, 0.3) is 0 Å². The van der Waals surface area contributed by atoms with Crippen LogP contribution in [0.15, 0.2) is 47.4 Å². The third-order valence-corrected chi connectivity index (χ3v) is 7.14. The van der Waals surface area contributed by atoms with Crippen LogP contribution < -0.4 is 15.4 Å². The zero-order chi connectivity index (χ0) is 25.1. The Balaban J connectivity index is 1.66. The third kappa shape index (κ3) is 6.48. The molecular formula is C22H24F3N3O5S. The molecule has 0 atom stereocenters. The number of hydrogen-bond donors (Lipinski definition) is 2. The molecular weight excluding hydrogens is 475 g/mol. The van der Waals surface area contributed by atoms with E-state index in [-0.39, 0.29) is 42.6 Å². The fraction of sp³-hybridized carbons (Fsp3) is 0.364. The largest absolute Gasteiger partial charge is 0.573 e. The van der Waals surface area contributed by atoms with Crippen molar-refractivity contribution in [2.75, 3.05) is 23.7 Å². The van der Waals surface area contributed by atoms with E-state index in [2.05, 4.69) is 15.4 Å². The van der Waals surface area contributed by atoms with Gasteiger partial charge in [-0.25, -0.2) is 8.42 Å². The molecule has 1 aliphatic rings. The summed E-state index contributed by atoms with van der Waals surface area (Å²) in [6, 6.07) is 9.39. The number of nitrogens with zero attached hydrogens (tertiary/aromatic N) is 1. The summed E-state index contributed by atoms with van der Waals surface area (Å²) in [4.78, 5) is 23.9. The Bertz CT molecular complexity index is 1180. The summed E-state index contributed by atoms with van der Waals surface area (Å²) in [5, 5.41) is 5.45. The summed E-state index contributed by atoms with van der Waals surface area (Å²) in [7, 11) is -4.07. The lowest BCUT2D eigenvalue weighted by atomic mass is 9.97. The molecule has 0 saturated carbocycles. The lowest BCUT2D eigenvalue weighted by Gasteiger charge is -2.30. The fourth-order valence-electron chi connectivity index (χ4n) is 3.63. The van der Waals surface area contributed by atoms with Crippen LogP contribution in [0.4, 0.5) is 24.5 Å². The monoisotopic (exact) mass is 499 g/mol. The molecule has 184 valence electrons. The molecule has 3 rings (SSSR count). The van der Waals surface area contributed by atoms with Gasteiger partial charge in [-0.1, -0.05) is 12.1 Å². The molecule has 1 saturated heterocycles. The number of hydrogen-bond acceptors (Lipinski definition) is 5. The van der Waals surface area contributed by atoms with Crippen molar-refractivity contribution in [1.82, 2.24) is 4.31 Å². The molecule has 0 aliphatic carbocycles. The summed E-state index contributed by atoms with van der Waals surface area (Å²) < 4.78 is 68.2. The Hall–Kier alpha value is -3.12. The van der Waals surface area contributed by atoms with Crippen LogP contribution in [0.2, 0.25) is 0 Å². The zero-order valence-electron chi connectivity index (χ0n) is 18.5. The predicted molar refractivity (Wildman–Crippen MR) is 119 cm³/mol. The number of sulfonamides is 1. The molecule has 2 aromatic rings. The quantitative estimate of drug-likeness (QED) is 0.628. The van der Waals surface area contributed by atoms with E-state index in [4.69, 9.17) is 0 Å². The minimum atomic E-state index is -4.94. The Kier molecular flexibility index (Phi) is 7.51. The SMILES string of the molecule is CC(=O)Nc1ccc(C)cc1NC(=O)C1CCN(S(=O)(=O)c2cccc(OC(F)(F)F)c2)CC1. The van der Waals surface area contributed by atoms with Gasteiger partial charge in [-0.15, -0.1) is 13.2 Å². The van der Waals surface area contributed by atoms with Gasteiger partial charge in [0, 0.05) is 32.0 Å². The summed E-state index contributed by atoms with van der Waals surface area (Å²) in [5.41, 5.74) is 1.77. The second-order valence-corrected chi connectivity index (χ2v) is 9.86. The normalized spacial score (nSPS) is 15.6. The number of ether oxygens (including phenoxy) is 1. The first kappa shape index (κ1) is 25.5. The summed E-state index contributed by atoms with van der Waals surface area (Å²) >= 11 is 0. The second kappa shape index (κ2) is 10.0. The van der Waals surface area contributed by atoms with Crippen LogP contribution in [0.5, 0.6) is 5.75 Å². The highest BCUT2D eigenvalue weighted by atomic mass is 32.2. The van der Waals surface area contributed by atoms with E-state index in [0.717, 1.165) is 22.0 Å². The molecule has 1 fully saturated rings. The van der Waals surface area contributed by atoms with Gasteiger partial charge in [-0.05, 0) is 49.6 Å². The molecule has 12 heteroatoms. The fourth-order valence-corrected chi connectivity index (χ4v) is 5.14. The van der Waals surface area contributed by atoms with E-state index in [1.165, 1.54) is 19.1 Å². The van der Waals surface area contributed by atoms with Crippen molar-refractivity contribution in [2.24, 2.45) is 5.92 Å². The predicted octanol–water partition coefficient (Wildman–Crippen LogP) is 3.89. The van der Waals surface area contributed by atoms with Crippen molar-refractivity contribution < 1.29 is 35.9 Å². The van der Waals surface area contributed by atoms with Gasteiger partial charge < -0.3 is 15.4 Å². The summed E-state index contributed by atoms with van der Waals surface area (Å²) in [6.45, 7) is 3.24. The molecule has 2 amide bonds. The number of rotatable bonds is 6. The number of benzene rings is 2. The Morgan fingerprint density at radius 1 is 1.03 bits per heavy atom. The van der Waals surface area contributed by atoms with E-state index in [1.54, 1.807) is 18.2 Å². The Labute approximate surface area is 195 Å². The van der Waals surface area contributed by atoms with Gasteiger partial charge in [-0.3, -0.25) is 9.59 Å². The first-order chi connectivity index (χ1) is 15.8. The van der Waals surface area contributed by atoms with Crippen molar-refractivity contribution in [3.8, 4) is 5.75 Å². The number of carbonyl (C=O) groups is 2. The lowest BCUT2D eigenvalue weighted by Crippen LogP contribution is -2.41. The first-order valence-corrected chi connectivity index (χ1v) is 11.8. The number of carbonyl (C=O) groups excluding carboxylic acids is 2. The Morgan fingerprint density at radius 2 is 1.71 bits per heavy atom. The molecule has 0 unspecified atom stereocenters. The van der Waals surface area contributed by atoms with Crippen molar-refractivity contribution in [3.63, 3.8) is 0 Å². The molecule has 1 heterocycles. The summed E-state index contributed by atoms with van der Waals surface area (Å²) in [5.74, 6) is -1.70. The van der Waals surface area contributed by atoms with Crippen LogP contribution in [0, 0.1) is 12.8 Å². The number of halogens is 3. The van der Waals surface area contributed by atoms with E-state index in [9.17, 15) is 31.2 Å². The lowest BCUT2D eigenvalue weighted by molar-refractivity contribution is -0.274. The van der Waals surface area contributed by atoms with Gasteiger partial charge in [0.1, 0.15) is 5.75 Å². The van der Waals surface area contributed by atoms with E-state index in [1.807, 2.05) is 6.92 Å². The van der Waals surface area contributed by atoms with Gasteiger partial charge in [0.05, 0.1) is 16.3 Å². The maximum absolute atomic E-state index is 12.9. The van der Waals surface area contributed by atoms with Crippen LogP contribution in [-0.4, -0.2) is 44.0 Å². The molecule has 2 aromatic carbocycles. The van der Waals surface area contributed by atoms with Crippen LogP contribution >= 0.6 is 0 Å². The molecule has 0 radical (unpaired) electrons. The third-order valence-electron chi connectivity index (χ3n) is 5.25. The Morgan fingerprint density at radius 3 is 2.32 bits per heavy atom. The minimum absolute atomic E-state index is 0.0249. The highest BCUT2D eigenvalue weighted by Gasteiger charge is 2.34. The summed E-state index contributed by atoms with van der Waals surface area (Å²) in [6.07, 6.45) is -4.48. The number of anilines is 2. The number of piperidine rings is 1. The molecule has 0 aromatic heterocycles. The molecule has 2 N–H and O–H groups in total. The van der Waals surface area contributed by atoms with Gasteiger partial charge in [0.15, 0.2) is 0 Å². The average molecular weight is 500 g/mol. The van der Waals surface area contributed by atoms with Crippen LogP contribution in [0.3, 0.4) is 0 Å². The van der Waals surface area contributed by atoms with Crippen molar-refractivity contribution in [2.45, 2.75) is 37.9 Å². The van der Waals surface area contributed by atoms with E-state index >= 15 is 0 Å². The van der Waals surface area contributed by atoms with E-state index in [0.29, 0.717) is 11.4 Å². The highest BCUT2D eigenvalue weighted by Crippen LogP contribution is 2.30. The molecule has 0 spiro atoms. The first-order valence-electron chi connectivity index (χ1n) is 10.4. The topological polar surface area (TPSA) is 105 Å². The van der Waals surface area contributed by atoms with Crippen LogP contribution in [0.1, 0.15) is 25.3 Å². The minimum Gasteiger partial charge on any atom is -0.406 e. The molecule has 1 aliphatic heterocycles. The van der Waals surface area contributed by atoms with Crippen LogP contribution in [0.25, 0.3) is 0 Å².